The summed E-state index contributed by atoms with van der Waals surface area (Å²) >= 11 is 0. The Morgan fingerprint density at radius 2 is 1.35 bits per heavy atom. The molecule has 3 atom stereocenters. The molecule has 2 heterocycles. The molecule has 12 nitrogen and oxygen atoms in total. The first kappa shape index (κ1) is 19.4. The first-order valence-corrected chi connectivity index (χ1v) is 7.65. The molecule has 0 fully saturated rings. The van der Waals surface area contributed by atoms with Crippen molar-refractivity contribution in [3.63, 3.8) is 0 Å². The van der Waals surface area contributed by atoms with Gasteiger partial charge in [-0.15, -0.1) is 0 Å². The second-order valence-corrected chi connectivity index (χ2v) is 5.93. The van der Waals surface area contributed by atoms with Gasteiger partial charge in [0.25, 0.3) is 17.4 Å². The fourth-order valence-electron chi connectivity index (χ4n) is 2.27. The van der Waals surface area contributed by atoms with Crippen molar-refractivity contribution in [3.05, 3.63) is 27.2 Å². The fourth-order valence-corrected chi connectivity index (χ4v) is 2.27. The van der Waals surface area contributed by atoms with Crippen LogP contribution < -0.4 is 28.5 Å². The Morgan fingerprint density at radius 3 is 1.81 bits per heavy atom. The highest BCUT2D eigenvalue weighted by atomic mass is 16.2. The summed E-state index contributed by atoms with van der Waals surface area (Å²) in [6.07, 6.45) is 0.947. The van der Waals surface area contributed by atoms with Crippen molar-refractivity contribution in [1.29, 1.82) is 0 Å². The maximum atomic E-state index is 12.7. The Labute approximate surface area is 146 Å². The first-order chi connectivity index (χ1) is 12.0. The van der Waals surface area contributed by atoms with Crippen LogP contribution in [0.25, 0.3) is 11.2 Å². The quantitative estimate of drug-likeness (QED) is 0.520. The number of carbonyl (C=O) groups excluding carboxylic acids is 3. The number of nitrogens with zero attached hydrogens (tertiary/aromatic N) is 4. The van der Waals surface area contributed by atoms with Crippen molar-refractivity contribution in [3.8, 4) is 0 Å². The van der Waals surface area contributed by atoms with E-state index < -0.39 is 58.3 Å². The summed E-state index contributed by atoms with van der Waals surface area (Å²) in [4.78, 5) is 66.0. The lowest BCUT2D eigenvalue weighted by molar-refractivity contribution is 0.0851. The Kier molecular flexibility index (Phi) is 5.02. The molecule has 2 aromatic heterocycles. The lowest BCUT2D eigenvalue weighted by Crippen LogP contribution is -2.52. The summed E-state index contributed by atoms with van der Waals surface area (Å²) in [7, 11) is 0. The van der Waals surface area contributed by atoms with Crippen LogP contribution in [-0.2, 0) is 0 Å². The van der Waals surface area contributed by atoms with E-state index in [1.165, 1.54) is 20.8 Å². The molecular formula is C14H19N7O5. The average Bonchev–Trinajstić information content (AvgIpc) is 2.98. The second kappa shape index (κ2) is 6.74. The maximum Gasteiger partial charge on any atom is 0.346 e. The Balaban J connectivity index is 3.06. The van der Waals surface area contributed by atoms with Crippen LogP contribution in [0.3, 0.4) is 0 Å². The van der Waals surface area contributed by atoms with Gasteiger partial charge < -0.3 is 17.2 Å². The zero-order chi connectivity index (χ0) is 19.9. The summed E-state index contributed by atoms with van der Waals surface area (Å²) < 4.78 is 1.46. The van der Waals surface area contributed by atoms with Gasteiger partial charge >= 0.3 is 5.69 Å². The van der Waals surface area contributed by atoms with E-state index in [2.05, 4.69) is 4.98 Å². The highest BCUT2D eigenvalue weighted by Crippen LogP contribution is 2.08. The molecule has 0 amide bonds. The molecule has 6 N–H and O–H groups in total. The summed E-state index contributed by atoms with van der Waals surface area (Å²) in [5.74, 6) is -2.68. The molecule has 0 saturated heterocycles. The standard InChI is InChI=1S/C14H19N7O5/c1-5(15)10(22)19-4-18-9-8(19)13(25)21(12(24)7(3)17)14(26)20(9)11(23)6(2)16/h4-7H,15-17H2,1-3H3. The minimum absolute atomic E-state index is 0.194. The van der Waals surface area contributed by atoms with E-state index in [1.54, 1.807) is 0 Å². The van der Waals surface area contributed by atoms with E-state index in [1.807, 2.05) is 0 Å². The van der Waals surface area contributed by atoms with Gasteiger partial charge in [0.1, 0.15) is 6.33 Å². The van der Waals surface area contributed by atoms with E-state index in [0.29, 0.717) is 4.57 Å². The molecule has 0 bridgehead atoms. The molecular weight excluding hydrogens is 346 g/mol. The van der Waals surface area contributed by atoms with Gasteiger partial charge in [0, 0.05) is 0 Å². The van der Waals surface area contributed by atoms with Crippen molar-refractivity contribution in [2.24, 2.45) is 17.2 Å². The number of nitrogens with two attached hydrogens (primary N) is 3. The van der Waals surface area contributed by atoms with Crippen LogP contribution in [0.15, 0.2) is 15.9 Å². The predicted octanol–water partition coefficient (Wildman–Crippen LogP) is -2.68. The number of aromatic nitrogens is 4. The van der Waals surface area contributed by atoms with Gasteiger partial charge in [-0.25, -0.2) is 14.3 Å². The third-order valence-corrected chi connectivity index (χ3v) is 3.60. The number of carbonyl (C=O) groups is 3. The van der Waals surface area contributed by atoms with Crippen LogP contribution >= 0.6 is 0 Å². The van der Waals surface area contributed by atoms with Crippen LogP contribution in [-0.4, -0.2) is 54.5 Å². The predicted molar refractivity (Wildman–Crippen MR) is 91.1 cm³/mol. The second-order valence-electron chi connectivity index (χ2n) is 5.93. The third kappa shape index (κ3) is 2.89. The van der Waals surface area contributed by atoms with E-state index >= 15 is 0 Å². The van der Waals surface area contributed by atoms with E-state index in [-0.39, 0.29) is 4.57 Å². The third-order valence-electron chi connectivity index (χ3n) is 3.60. The fraction of sp³-hybridized carbons (Fsp3) is 0.429. The molecule has 140 valence electrons. The monoisotopic (exact) mass is 365 g/mol. The summed E-state index contributed by atoms with van der Waals surface area (Å²) in [6, 6.07) is -3.35. The van der Waals surface area contributed by atoms with Gasteiger partial charge in [-0.1, -0.05) is 0 Å². The van der Waals surface area contributed by atoms with Gasteiger partial charge in [-0.2, -0.15) is 4.57 Å². The normalized spacial score (nSPS) is 14.8. The molecule has 0 aliphatic heterocycles. The minimum atomic E-state index is -1.26. The molecule has 3 unspecified atom stereocenters. The number of imidazole rings is 1. The topological polar surface area (TPSA) is 191 Å². The number of fused-ring (bicyclic) bond motifs is 1. The van der Waals surface area contributed by atoms with Crippen molar-refractivity contribution in [2.75, 3.05) is 0 Å². The molecule has 0 aliphatic carbocycles. The van der Waals surface area contributed by atoms with Gasteiger partial charge in [0.15, 0.2) is 11.2 Å². The Hall–Kier alpha value is -2.96. The Morgan fingerprint density at radius 1 is 0.885 bits per heavy atom. The maximum absolute atomic E-state index is 12.7. The number of hydrogen-bond donors (Lipinski definition) is 3. The molecule has 0 radical (unpaired) electrons. The molecule has 0 aliphatic rings. The first-order valence-electron chi connectivity index (χ1n) is 7.65. The van der Waals surface area contributed by atoms with Crippen LogP contribution in [0.5, 0.6) is 0 Å². The Bertz CT molecular complexity index is 1020. The molecule has 2 rings (SSSR count). The molecule has 0 saturated carbocycles. The van der Waals surface area contributed by atoms with E-state index in [4.69, 9.17) is 17.2 Å². The molecule has 0 spiro atoms. The molecule has 12 heteroatoms. The summed E-state index contributed by atoms with van der Waals surface area (Å²) in [5.41, 5.74) is 13.3. The van der Waals surface area contributed by atoms with Crippen molar-refractivity contribution >= 4 is 28.9 Å². The van der Waals surface area contributed by atoms with E-state index in [0.717, 1.165) is 10.9 Å². The average molecular weight is 365 g/mol. The summed E-state index contributed by atoms with van der Waals surface area (Å²) in [5, 5.41) is 0. The number of hydrogen-bond acceptors (Lipinski definition) is 9. The molecule has 0 aromatic carbocycles. The van der Waals surface area contributed by atoms with Crippen LogP contribution in [0, 0.1) is 0 Å². The van der Waals surface area contributed by atoms with Crippen molar-refractivity contribution in [1.82, 2.24) is 18.7 Å². The largest absolute Gasteiger partial charge is 0.346 e. The SMILES string of the molecule is CC(N)C(=O)n1c(=O)c2c(ncn2C(=O)C(C)N)n(C(=O)C(C)N)c1=O. The van der Waals surface area contributed by atoms with Gasteiger partial charge in [-0.3, -0.25) is 23.7 Å². The van der Waals surface area contributed by atoms with Crippen molar-refractivity contribution in [2.45, 2.75) is 38.9 Å². The highest BCUT2D eigenvalue weighted by Gasteiger charge is 2.29. The zero-order valence-electron chi connectivity index (χ0n) is 14.4. The summed E-state index contributed by atoms with van der Waals surface area (Å²) in [6.45, 7) is 3.96. The molecule has 2 aromatic rings. The minimum Gasteiger partial charge on any atom is -0.320 e. The molecule has 26 heavy (non-hydrogen) atoms. The highest BCUT2D eigenvalue weighted by molar-refractivity contribution is 5.97. The van der Waals surface area contributed by atoms with Crippen LogP contribution in [0.4, 0.5) is 0 Å². The zero-order valence-corrected chi connectivity index (χ0v) is 14.4. The smallest absolute Gasteiger partial charge is 0.320 e. The van der Waals surface area contributed by atoms with Gasteiger partial charge in [0.2, 0.25) is 5.91 Å². The lowest BCUT2D eigenvalue weighted by Gasteiger charge is -2.13. The lowest BCUT2D eigenvalue weighted by atomic mass is 10.3. The van der Waals surface area contributed by atoms with Crippen molar-refractivity contribution < 1.29 is 14.4 Å². The van der Waals surface area contributed by atoms with Crippen LogP contribution in [0.2, 0.25) is 0 Å². The van der Waals surface area contributed by atoms with Crippen LogP contribution in [0.1, 0.15) is 35.2 Å². The van der Waals surface area contributed by atoms with Gasteiger partial charge in [-0.05, 0) is 20.8 Å². The van der Waals surface area contributed by atoms with E-state index in [9.17, 15) is 24.0 Å². The van der Waals surface area contributed by atoms with Gasteiger partial charge in [0.05, 0.1) is 18.1 Å². The number of rotatable bonds is 3.